The molecule has 17 heavy (non-hydrogen) atoms. The normalized spacial score (nSPS) is 15.0. The van der Waals surface area contributed by atoms with Crippen LogP contribution in [0.15, 0.2) is 30.5 Å². The first-order chi connectivity index (χ1) is 8.36. The third kappa shape index (κ3) is 2.20. The molecule has 0 saturated heterocycles. The molecule has 1 aliphatic carbocycles. The second-order valence-corrected chi connectivity index (χ2v) is 4.70. The topological polar surface area (TPSA) is 17.0 Å². The molecule has 2 aromatic rings. The summed E-state index contributed by atoms with van der Waals surface area (Å²) in [5, 5.41) is 4.79. The predicted octanol–water partition coefficient (Wildman–Crippen LogP) is 2.53. The fraction of sp³-hybridized carbons (Fsp3) is 0.333. The number of nitrogens with one attached hydrogen (secondary N) is 1. The lowest BCUT2D eigenvalue weighted by molar-refractivity contribution is 0.688. The van der Waals surface area contributed by atoms with Crippen LogP contribution in [0.25, 0.3) is 10.9 Å². The number of benzene rings is 1. The number of fused-ring (bicyclic) bond motifs is 1. The first-order valence-corrected chi connectivity index (χ1v) is 6.11. The summed E-state index contributed by atoms with van der Waals surface area (Å²) >= 11 is 0. The minimum absolute atomic E-state index is 0.642. The molecular formula is C15H16N2. The van der Waals surface area contributed by atoms with Crippen molar-refractivity contribution in [3.63, 3.8) is 0 Å². The van der Waals surface area contributed by atoms with Crippen LogP contribution < -0.4 is 5.32 Å². The Morgan fingerprint density at radius 3 is 3.00 bits per heavy atom. The molecule has 1 aliphatic rings. The minimum Gasteiger partial charge on any atom is -0.336 e. The number of hydrogen-bond acceptors (Lipinski definition) is 1. The van der Waals surface area contributed by atoms with E-state index in [1.54, 1.807) is 0 Å². The van der Waals surface area contributed by atoms with Gasteiger partial charge in [-0.1, -0.05) is 18.1 Å². The summed E-state index contributed by atoms with van der Waals surface area (Å²) in [7, 11) is 0. The van der Waals surface area contributed by atoms with Crippen molar-refractivity contribution in [2.45, 2.75) is 32.0 Å². The Labute approximate surface area is 102 Å². The number of nitrogens with zero attached hydrogens (tertiary/aromatic N) is 1. The second kappa shape index (κ2) is 4.27. The summed E-state index contributed by atoms with van der Waals surface area (Å²) in [6.45, 7) is 1.60. The Kier molecular flexibility index (Phi) is 2.62. The highest BCUT2D eigenvalue weighted by Crippen LogP contribution is 2.21. The van der Waals surface area contributed by atoms with E-state index in [-0.39, 0.29) is 0 Å². The molecule has 1 aromatic heterocycles. The third-order valence-corrected chi connectivity index (χ3v) is 3.27. The molecule has 0 radical (unpaired) electrons. The van der Waals surface area contributed by atoms with Gasteiger partial charge in [0.1, 0.15) is 0 Å². The highest BCUT2D eigenvalue weighted by atomic mass is 15.0. The number of hydrogen-bond donors (Lipinski definition) is 1. The van der Waals surface area contributed by atoms with Gasteiger partial charge in [-0.15, -0.1) is 6.42 Å². The molecule has 0 aliphatic heterocycles. The summed E-state index contributed by atoms with van der Waals surface area (Å²) in [6, 6.07) is 9.47. The van der Waals surface area contributed by atoms with Gasteiger partial charge < -0.3 is 9.88 Å². The summed E-state index contributed by atoms with van der Waals surface area (Å²) in [6.07, 6.45) is 10.1. The summed E-state index contributed by atoms with van der Waals surface area (Å²) in [4.78, 5) is 0. The Hall–Kier alpha value is -1.72. The van der Waals surface area contributed by atoms with E-state index in [2.05, 4.69) is 46.3 Å². The van der Waals surface area contributed by atoms with Crippen molar-refractivity contribution in [2.75, 3.05) is 0 Å². The summed E-state index contributed by atoms with van der Waals surface area (Å²) < 4.78 is 2.12. The molecule has 1 saturated carbocycles. The summed E-state index contributed by atoms with van der Waals surface area (Å²) in [5.41, 5.74) is 2.57. The van der Waals surface area contributed by atoms with Gasteiger partial charge in [-0.25, -0.2) is 0 Å². The predicted molar refractivity (Wildman–Crippen MR) is 70.6 cm³/mol. The van der Waals surface area contributed by atoms with Gasteiger partial charge >= 0.3 is 0 Å². The molecule has 0 spiro atoms. The molecule has 0 unspecified atom stereocenters. The second-order valence-electron chi connectivity index (χ2n) is 4.70. The lowest BCUT2D eigenvalue weighted by Gasteiger charge is -2.05. The van der Waals surface area contributed by atoms with Gasteiger partial charge in [-0.05, 0) is 35.9 Å². The average molecular weight is 224 g/mol. The van der Waals surface area contributed by atoms with Crippen LogP contribution in [-0.4, -0.2) is 10.6 Å². The SMILES string of the molecule is C#CCn1ccc2ccc(CNC3CC3)cc21. The molecule has 0 bridgehead atoms. The van der Waals surface area contributed by atoms with Gasteiger partial charge in [0.05, 0.1) is 6.54 Å². The van der Waals surface area contributed by atoms with Crippen LogP contribution in [0.2, 0.25) is 0 Å². The van der Waals surface area contributed by atoms with E-state index in [4.69, 9.17) is 6.42 Å². The molecule has 0 amide bonds. The molecule has 2 nitrogen and oxygen atoms in total. The lowest BCUT2D eigenvalue weighted by atomic mass is 10.1. The van der Waals surface area contributed by atoms with Gasteiger partial charge in [0, 0.05) is 24.3 Å². The zero-order chi connectivity index (χ0) is 11.7. The van der Waals surface area contributed by atoms with Gasteiger partial charge in [0.2, 0.25) is 0 Å². The maximum atomic E-state index is 5.37. The highest BCUT2D eigenvalue weighted by Gasteiger charge is 2.19. The molecule has 1 N–H and O–H groups in total. The van der Waals surface area contributed by atoms with Crippen molar-refractivity contribution in [2.24, 2.45) is 0 Å². The maximum Gasteiger partial charge on any atom is 0.0834 e. The van der Waals surface area contributed by atoms with Crippen LogP contribution in [0.4, 0.5) is 0 Å². The third-order valence-electron chi connectivity index (χ3n) is 3.27. The Balaban J connectivity index is 1.87. The maximum absolute atomic E-state index is 5.37. The monoisotopic (exact) mass is 224 g/mol. The average Bonchev–Trinajstić information content (AvgIpc) is 3.10. The molecule has 3 rings (SSSR count). The van der Waals surface area contributed by atoms with Gasteiger partial charge in [0.25, 0.3) is 0 Å². The largest absolute Gasteiger partial charge is 0.336 e. The van der Waals surface area contributed by atoms with E-state index in [0.29, 0.717) is 6.54 Å². The van der Waals surface area contributed by atoms with Crippen molar-refractivity contribution in [1.29, 1.82) is 0 Å². The van der Waals surface area contributed by atoms with Crippen molar-refractivity contribution in [3.8, 4) is 12.3 Å². The minimum atomic E-state index is 0.642. The van der Waals surface area contributed by atoms with E-state index < -0.39 is 0 Å². The Bertz CT molecular complexity index is 570. The van der Waals surface area contributed by atoms with Crippen LogP contribution in [0, 0.1) is 12.3 Å². The number of terminal acetylenes is 1. The fourth-order valence-corrected chi connectivity index (χ4v) is 2.13. The smallest absolute Gasteiger partial charge is 0.0834 e. The van der Waals surface area contributed by atoms with E-state index in [1.807, 2.05) is 0 Å². The number of rotatable bonds is 4. The standard InChI is InChI=1S/C15H16N2/c1-2-8-17-9-7-13-4-3-12(10-15(13)17)11-16-14-5-6-14/h1,3-4,7,9-10,14,16H,5-6,8,11H2. The van der Waals surface area contributed by atoms with E-state index in [9.17, 15) is 0 Å². The summed E-state index contributed by atoms with van der Waals surface area (Å²) in [5.74, 6) is 2.69. The lowest BCUT2D eigenvalue weighted by Crippen LogP contribution is -2.15. The van der Waals surface area contributed by atoms with E-state index in [1.165, 1.54) is 29.3 Å². The molecule has 1 heterocycles. The zero-order valence-electron chi connectivity index (χ0n) is 9.82. The van der Waals surface area contributed by atoms with E-state index in [0.717, 1.165) is 12.6 Å². The number of aromatic nitrogens is 1. The Morgan fingerprint density at radius 1 is 1.35 bits per heavy atom. The van der Waals surface area contributed by atoms with Gasteiger partial charge in [-0.2, -0.15) is 0 Å². The van der Waals surface area contributed by atoms with Crippen molar-refractivity contribution < 1.29 is 0 Å². The van der Waals surface area contributed by atoms with Crippen LogP contribution in [0.3, 0.4) is 0 Å². The van der Waals surface area contributed by atoms with Crippen LogP contribution >= 0.6 is 0 Å². The van der Waals surface area contributed by atoms with Crippen molar-refractivity contribution >= 4 is 10.9 Å². The van der Waals surface area contributed by atoms with Crippen molar-refractivity contribution in [1.82, 2.24) is 9.88 Å². The van der Waals surface area contributed by atoms with E-state index >= 15 is 0 Å². The fourth-order valence-electron chi connectivity index (χ4n) is 2.13. The zero-order valence-corrected chi connectivity index (χ0v) is 9.82. The molecule has 86 valence electrons. The first kappa shape index (κ1) is 10.4. The highest BCUT2D eigenvalue weighted by molar-refractivity contribution is 5.80. The Morgan fingerprint density at radius 2 is 2.24 bits per heavy atom. The van der Waals surface area contributed by atoms with Crippen LogP contribution in [0.1, 0.15) is 18.4 Å². The van der Waals surface area contributed by atoms with Gasteiger partial charge in [0.15, 0.2) is 0 Å². The quantitative estimate of drug-likeness (QED) is 0.790. The molecule has 1 fully saturated rings. The molecule has 1 aromatic carbocycles. The molecule has 2 heteroatoms. The van der Waals surface area contributed by atoms with Crippen LogP contribution in [-0.2, 0) is 13.1 Å². The van der Waals surface area contributed by atoms with Crippen LogP contribution in [0.5, 0.6) is 0 Å². The van der Waals surface area contributed by atoms with Gasteiger partial charge in [-0.3, -0.25) is 0 Å². The molecular weight excluding hydrogens is 208 g/mol. The first-order valence-electron chi connectivity index (χ1n) is 6.11. The van der Waals surface area contributed by atoms with Crippen molar-refractivity contribution in [3.05, 3.63) is 36.0 Å². The molecule has 0 atom stereocenters.